The van der Waals surface area contributed by atoms with Gasteiger partial charge in [0.25, 0.3) is 0 Å². The second-order valence-corrected chi connectivity index (χ2v) is 13.2. The lowest BCUT2D eigenvalue weighted by Crippen LogP contribution is -2.44. The molecule has 2 aromatic rings. The van der Waals surface area contributed by atoms with E-state index >= 15 is 0 Å². The number of nitrogens with zero attached hydrogens (tertiary/aromatic N) is 2. The molecule has 0 radical (unpaired) electrons. The van der Waals surface area contributed by atoms with Crippen molar-refractivity contribution in [1.82, 2.24) is 15.1 Å². The van der Waals surface area contributed by atoms with Crippen LogP contribution in [-0.4, -0.2) is 60.5 Å². The second kappa shape index (κ2) is 17.0. The second-order valence-electron chi connectivity index (χ2n) is 12.1. The van der Waals surface area contributed by atoms with Crippen LogP contribution in [0.3, 0.4) is 0 Å². The Morgan fingerprint density at radius 3 is 2.19 bits per heavy atom. The minimum Gasteiger partial charge on any atom is -0.359 e. The van der Waals surface area contributed by atoms with Gasteiger partial charge in [-0.05, 0) is 61.9 Å². The zero-order chi connectivity index (χ0) is 29.7. The number of rotatable bonds is 15. The van der Waals surface area contributed by atoms with Crippen molar-refractivity contribution in [1.29, 1.82) is 0 Å². The Morgan fingerprint density at radius 2 is 1.57 bits per heavy atom. The van der Waals surface area contributed by atoms with Crippen LogP contribution in [-0.2, 0) is 28.4 Å². The molecule has 4 rings (SSSR count). The summed E-state index contributed by atoms with van der Waals surface area (Å²) in [6.45, 7) is 1.50. The predicted octanol–water partition coefficient (Wildman–Crippen LogP) is 6.78. The highest BCUT2D eigenvalue weighted by Crippen LogP contribution is 2.33. The first-order chi connectivity index (χ1) is 20.5. The molecule has 7 heteroatoms. The number of carbonyl (C=O) groups is 3. The first-order valence-corrected chi connectivity index (χ1v) is 16.9. The molecule has 228 valence electrons. The van der Waals surface area contributed by atoms with Gasteiger partial charge in [0.05, 0.1) is 6.04 Å². The van der Waals surface area contributed by atoms with Crippen molar-refractivity contribution in [2.24, 2.45) is 0 Å². The summed E-state index contributed by atoms with van der Waals surface area (Å²) in [4.78, 5) is 41.4. The van der Waals surface area contributed by atoms with Gasteiger partial charge in [0, 0.05) is 54.9 Å². The molecule has 2 aliphatic rings. The van der Waals surface area contributed by atoms with Gasteiger partial charge in [0.15, 0.2) is 0 Å². The van der Waals surface area contributed by atoms with Gasteiger partial charge < -0.3 is 10.1 Å². The molecule has 1 amide bonds. The average Bonchev–Trinajstić information content (AvgIpc) is 3.04. The Labute approximate surface area is 257 Å². The van der Waals surface area contributed by atoms with Crippen LogP contribution < -0.4 is 5.32 Å². The molecule has 42 heavy (non-hydrogen) atoms. The fraction of sp³-hybridized carbons (Fsp3) is 0.571. The van der Waals surface area contributed by atoms with Crippen LogP contribution in [0.1, 0.15) is 104 Å². The first kappa shape index (κ1) is 32.4. The normalized spacial score (nSPS) is 17.3. The zero-order valence-electron chi connectivity index (χ0n) is 25.6. The van der Waals surface area contributed by atoms with E-state index in [1.165, 1.54) is 75.3 Å². The van der Waals surface area contributed by atoms with E-state index in [0.29, 0.717) is 18.5 Å². The van der Waals surface area contributed by atoms with Crippen molar-refractivity contribution in [3.05, 3.63) is 64.7 Å². The van der Waals surface area contributed by atoms with Crippen molar-refractivity contribution in [3.8, 4) is 0 Å². The molecular weight excluding hydrogens is 542 g/mol. The Hall–Kier alpha value is -2.48. The molecular formula is C35H49N3O3S. The van der Waals surface area contributed by atoms with Gasteiger partial charge in [-0.1, -0.05) is 74.9 Å². The van der Waals surface area contributed by atoms with Crippen molar-refractivity contribution < 1.29 is 14.4 Å². The quantitative estimate of drug-likeness (QED) is 0.182. The number of hydrogen-bond donors (Lipinski definition) is 1. The summed E-state index contributed by atoms with van der Waals surface area (Å²) in [5, 5.41) is 2.61. The number of amides is 1. The summed E-state index contributed by atoms with van der Waals surface area (Å²) in [7, 11) is 3.48. The maximum Gasteiger partial charge on any atom is 0.219 e. The van der Waals surface area contributed by atoms with Gasteiger partial charge in [0.2, 0.25) is 5.91 Å². The van der Waals surface area contributed by atoms with E-state index in [1.54, 1.807) is 18.8 Å². The Balaban J connectivity index is 1.45. The van der Waals surface area contributed by atoms with Crippen LogP contribution in [0.15, 0.2) is 47.4 Å². The summed E-state index contributed by atoms with van der Waals surface area (Å²) in [6.07, 6.45) is 16.1. The first-order valence-electron chi connectivity index (χ1n) is 15.9. The fourth-order valence-corrected chi connectivity index (χ4v) is 7.76. The van der Waals surface area contributed by atoms with Crippen LogP contribution in [0.25, 0.3) is 0 Å². The number of likely N-dealkylation sites (N-methyl/N-ethyl adjacent to an activating group) is 1. The highest BCUT2D eigenvalue weighted by molar-refractivity contribution is 7.98. The topological polar surface area (TPSA) is 69.7 Å². The third-order valence-corrected chi connectivity index (χ3v) is 10.4. The van der Waals surface area contributed by atoms with Gasteiger partial charge in [-0.15, -0.1) is 11.8 Å². The maximum atomic E-state index is 12.0. The van der Waals surface area contributed by atoms with Crippen LogP contribution in [0.2, 0.25) is 0 Å². The summed E-state index contributed by atoms with van der Waals surface area (Å²) >= 11 is 1.74. The molecule has 2 saturated carbocycles. The fourth-order valence-electron chi connectivity index (χ4n) is 6.73. The Kier molecular flexibility index (Phi) is 13.1. The van der Waals surface area contributed by atoms with E-state index in [9.17, 15) is 14.4 Å². The summed E-state index contributed by atoms with van der Waals surface area (Å²) in [6, 6.07) is 16.0. The van der Waals surface area contributed by atoms with Crippen molar-refractivity contribution in [2.75, 3.05) is 14.1 Å². The zero-order valence-corrected chi connectivity index (χ0v) is 26.4. The summed E-state index contributed by atoms with van der Waals surface area (Å²) < 4.78 is 0. The Morgan fingerprint density at radius 1 is 0.929 bits per heavy atom. The molecule has 0 aromatic heterocycles. The molecule has 1 N–H and O–H groups in total. The third-order valence-electron chi connectivity index (χ3n) is 9.21. The van der Waals surface area contributed by atoms with E-state index < -0.39 is 6.04 Å². The van der Waals surface area contributed by atoms with Crippen molar-refractivity contribution in [2.45, 2.75) is 119 Å². The van der Waals surface area contributed by atoms with Gasteiger partial charge in [-0.2, -0.15) is 0 Å². The molecule has 0 heterocycles. The smallest absolute Gasteiger partial charge is 0.219 e. The average molecular weight is 592 g/mol. The molecule has 0 bridgehead atoms. The number of hydrogen-bond acceptors (Lipinski definition) is 6. The van der Waals surface area contributed by atoms with Crippen LogP contribution in [0, 0.1) is 0 Å². The van der Waals surface area contributed by atoms with Gasteiger partial charge in [-0.3, -0.25) is 19.4 Å². The molecule has 2 aliphatic carbocycles. The van der Waals surface area contributed by atoms with E-state index in [2.05, 4.69) is 40.5 Å². The van der Waals surface area contributed by atoms with Gasteiger partial charge in [0.1, 0.15) is 12.6 Å². The van der Waals surface area contributed by atoms with Crippen LogP contribution in [0.5, 0.6) is 0 Å². The van der Waals surface area contributed by atoms with Crippen molar-refractivity contribution >= 4 is 30.2 Å². The maximum absolute atomic E-state index is 12.0. The van der Waals surface area contributed by atoms with E-state index in [1.807, 2.05) is 24.1 Å². The summed E-state index contributed by atoms with van der Waals surface area (Å²) in [5.74, 6) is 0.732. The molecule has 1 unspecified atom stereocenters. The SMILES string of the molecule is CNC(=O)CCC(C=O)N(C)Cc1c(C=O)cccc1SCc1cccc(CN(C2CCCCC2)C2CCCCC2)c1. The third kappa shape index (κ3) is 9.26. The van der Waals surface area contributed by atoms with Crippen LogP contribution >= 0.6 is 11.8 Å². The monoisotopic (exact) mass is 591 g/mol. The molecule has 1 atom stereocenters. The van der Waals surface area contributed by atoms with E-state index in [0.717, 1.165) is 47.4 Å². The lowest BCUT2D eigenvalue weighted by molar-refractivity contribution is -0.121. The predicted molar refractivity (Wildman–Crippen MR) is 172 cm³/mol. The number of aldehydes is 2. The standard InChI is InChI=1S/C35H49N3O3S/c1-36-35(41)20-19-32(25-40)37(2)23-33-29(24-39)13-10-18-34(33)42-26-28-12-9-11-27(21-28)22-38(30-14-5-3-6-15-30)31-16-7-4-8-17-31/h9-13,18,21,24-25,30-32H,3-8,14-17,19-20,22-23,26H2,1-2H3,(H,36,41). The molecule has 2 fully saturated rings. The highest BCUT2D eigenvalue weighted by atomic mass is 32.2. The van der Waals surface area contributed by atoms with Crippen molar-refractivity contribution in [3.63, 3.8) is 0 Å². The lowest BCUT2D eigenvalue weighted by atomic mass is 9.88. The molecule has 0 saturated heterocycles. The number of carbonyl (C=O) groups excluding carboxylic acids is 3. The highest BCUT2D eigenvalue weighted by Gasteiger charge is 2.29. The molecule has 0 spiro atoms. The number of thioether (sulfide) groups is 1. The molecule has 0 aliphatic heterocycles. The minimum atomic E-state index is -0.396. The van der Waals surface area contributed by atoms with Gasteiger partial charge in [-0.25, -0.2) is 0 Å². The number of nitrogens with one attached hydrogen (secondary N) is 1. The largest absolute Gasteiger partial charge is 0.359 e. The van der Waals surface area contributed by atoms with Gasteiger partial charge >= 0.3 is 0 Å². The molecule has 6 nitrogen and oxygen atoms in total. The summed E-state index contributed by atoms with van der Waals surface area (Å²) in [5.41, 5.74) is 4.27. The Bertz CT molecular complexity index is 1140. The van der Waals surface area contributed by atoms with E-state index in [-0.39, 0.29) is 12.3 Å². The molecule has 2 aromatic carbocycles. The lowest BCUT2D eigenvalue weighted by Gasteiger charge is -2.42. The number of benzene rings is 2. The van der Waals surface area contributed by atoms with Crippen LogP contribution in [0.4, 0.5) is 0 Å². The van der Waals surface area contributed by atoms with E-state index in [4.69, 9.17) is 0 Å². The minimum absolute atomic E-state index is 0.0809.